The van der Waals surface area contributed by atoms with Crippen LogP contribution in [0.25, 0.3) is 0 Å². The zero-order chi connectivity index (χ0) is 15.5. The van der Waals surface area contributed by atoms with Crippen molar-refractivity contribution in [1.82, 2.24) is 4.90 Å². The van der Waals surface area contributed by atoms with Gasteiger partial charge in [0.05, 0.1) is 10.7 Å². The van der Waals surface area contributed by atoms with Crippen molar-refractivity contribution in [1.29, 1.82) is 0 Å². The number of hydrogen-bond acceptors (Lipinski definition) is 3. The molecule has 1 aliphatic rings. The molecule has 114 valence electrons. The number of hydrogen-bond donors (Lipinski definition) is 0. The van der Waals surface area contributed by atoms with Gasteiger partial charge in [-0.25, -0.2) is 0 Å². The SMILES string of the molecule is O=C(c1ccc[n+]([O-])c1)N1CCN(c2ccccc2Cl)CC1. The molecule has 0 unspecified atom stereocenters. The van der Waals surface area contributed by atoms with Crippen LogP contribution in [0.1, 0.15) is 10.4 Å². The van der Waals surface area contributed by atoms with Crippen molar-refractivity contribution < 1.29 is 9.52 Å². The molecule has 0 bridgehead atoms. The van der Waals surface area contributed by atoms with E-state index in [1.165, 1.54) is 12.4 Å². The first-order valence-electron chi connectivity index (χ1n) is 7.13. The number of para-hydroxylation sites is 1. The maximum Gasteiger partial charge on any atom is 0.260 e. The monoisotopic (exact) mass is 317 g/mol. The van der Waals surface area contributed by atoms with Crippen molar-refractivity contribution in [2.75, 3.05) is 31.1 Å². The Hall–Kier alpha value is -2.27. The van der Waals surface area contributed by atoms with Crippen LogP contribution in [0.15, 0.2) is 48.8 Å². The third-order valence-corrected chi connectivity index (χ3v) is 4.10. The number of amides is 1. The van der Waals surface area contributed by atoms with Crippen LogP contribution >= 0.6 is 11.6 Å². The van der Waals surface area contributed by atoms with Gasteiger partial charge in [0.25, 0.3) is 5.91 Å². The van der Waals surface area contributed by atoms with E-state index in [1.807, 2.05) is 24.3 Å². The van der Waals surface area contributed by atoms with Crippen molar-refractivity contribution in [2.45, 2.75) is 0 Å². The molecule has 6 heteroatoms. The van der Waals surface area contributed by atoms with Crippen molar-refractivity contribution in [2.24, 2.45) is 0 Å². The molecular weight excluding hydrogens is 302 g/mol. The number of nitrogens with zero attached hydrogens (tertiary/aromatic N) is 3. The lowest BCUT2D eigenvalue weighted by atomic mass is 10.2. The number of anilines is 1. The fraction of sp³-hybridized carbons (Fsp3) is 0.250. The molecular formula is C16H16ClN3O2. The quantitative estimate of drug-likeness (QED) is 0.628. The molecule has 1 aliphatic heterocycles. The van der Waals surface area contributed by atoms with Gasteiger partial charge in [0, 0.05) is 32.2 Å². The molecule has 2 aromatic rings. The topological polar surface area (TPSA) is 50.5 Å². The van der Waals surface area contributed by atoms with Crippen LogP contribution in [0.3, 0.4) is 0 Å². The van der Waals surface area contributed by atoms with Gasteiger partial charge in [0.1, 0.15) is 5.56 Å². The summed E-state index contributed by atoms with van der Waals surface area (Å²) in [4.78, 5) is 16.3. The van der Waals surface area contributed by atoms with Gasteiger partial charge in [0.2, 0.25) is 0 Å². The Morgan fingerprint density at radius 2 is 1.82 bits per heavy atom. The number of aromatic nitrogens is 1. The smallest absolute Gasteiger partial charge is 0.260 e. The highest BCUT2D eigenvalue weighted by molar-refractivity contribution is 6.33. The van der Waals surface area contributed by atoms with Gasteiger partial charge in [-0.3, -0.25) is 4.79 Å². The highest BCUT2D eigenvalue weighted by Gasteiger charge is 2.24. The van der Waals surface area contributed by atoms with E-state index in [2.05, 4.69) is 4.90 Å². The second kappa shape index (κ2) is 6.23. The molecule has 0 radical (unpaired) electrons. The number of piperazine rings is 1. The third-order valence-electron chi connectivity index (χ3n) is 3.78. The summed E-state index contributed by atoms with van der Waals surface area (Å²) in [6.07, 6.45) is 2.68. The number of rotatable bonds is 2. The minimum Gasteiger partial charge on any atom is -0.619 e. The van der Waals surface area contributed by atoms with Gasteiger partial charge < -0.3 is 15.0 Å². The molecule has 3 rings (SSSR count). The number of pyridine rings is 1. The van der Waals surface area contributed by atoms with Gasteiger partial charge in [-0.1, -0.05) is 23.7 Å². The summed E-state index contributed by atoms with van der Waals surface area (Å²) in [5, 5.41) is 12.0. The highest BCUT2D eigenvalue weighted by atomic mass is 35.5. The maximum absolute atomic E-state index is 12.4. The van der Waals surface area contributed by atoms with E-state index >= 15 is 0 Å². The van der Waals surface area contributed by atoms with Crippen LogP contribution in [-0.4, -0.2) is 37.0 Å². The van der Waals surface area contributed by atoms with E-state index in [1.54, 1.807) is 17.0 Å². The summed E-state index contributed by atoms with van der Waals surface area (Å²) in [6.45, 7) is 2.66. The summed E-state index contributed by atoms with van der Waals surface area (Å²) in [6, 6.07) is 11.0. The normalized spacial score (nSPS) is 15.0. The summed E-state index contributed by atoms with van der Waals surface area (Å²) < 4.78 is 0.646. The number of benzene rings is 1. The fourth-order valence-electron chi connectivity index (χ4n) is 2.62. The number of carbonyl (C=O) groups excluding carboxylic acids is 1. The molecule has 0 N–H and O–H groups in total. The fourth-order valence-corrected chi connectivity index (χ4v) is 2.88. The van der Waals surface area contributed by atoms with Crippen LogP contribution in [0.5, 0.6) is 0 Å². The minimum absolute atomic E-state index is 0.107. The number of carbonyl (C=O) groups is 1. The van der Waals surface area contributed by atoms with E-state index in [9.17, 15) is 10.0 Å². The third kappa shape index (κ3) is 2.99. The van der Waals surface area contributed by atoms with Gasteiger partial charge in [-0.2, -0.15) is 4.73 Å². The second-order valence-corrected chi connectivity index (χ2v) is 5.59. The van der Waals surface area contributed by atoms with E-state index < -0.39 is 0 Å². The van der Waals surface area contributed by atoms with Gasteiger partial charge >= 0.3 is 0 Å². The van der Waals surface area contributed by atoms with Crippen molar-refractivity contribution in [3.05, 3.63) is 64.6 Å². The van der Waals surface area contributed by atoms with Gasteiger partial charge in [-0.05, 0) is 18.2 Å². The molecule has 1 saturated heterocycles. The molecule has 1 aromatic heterocycles. The average Bonchev–Trinajstić information content (AvgIpc) is 2.55. The first-order chi connectivity index (χ1) is 10.6. The zero-order valence-corrected chi connectivity index (χ0v) is 12.7. The summed E-state index contributed by atoms with van der Waals surface area (Å²) in [5.74, 6) is -0.107. The van der Waals surface area contributed by atoms with Crippen LogP contribution in [0, 0.1) is 5.21 Å². The van der Waals surface area contributed by atoms with Crippen molar-refractivity contribution in [3.63, 3.8) is 0 Å². The lowest BCUT2D eigenvalue weighted by Gasteiger charge is -2.36. The molecule has 0 atom stereocenters. The summed E-state index contributed by atoms with van der Waals surface area (Å²) in [5.41, 5.74) is 1.41. The predicted octanol–water partition coefficient (Wildman–Crippen LogP) is 1.94. The van der Waals surface area contributed by atoms with E-state index in [0.717, 1.165) is 23.8 Å². The van der Waals surface area contributed by atoms with Crippen LogP contribution in [0.4, 0.5) is 5.69 Å². The molecule has 1 fully saturated rings. The second-order valence-electron chi connectivity index (χ2n) is 5.18. The number of halogens is 1. The largest absolute Gasteiger partial charge is 0.619 e. The minimum atomic E-state index is -0.107. The average molecular weight is 318 g/mol. The summed E-state index contributed by atoms with van der Waals surface area (Å²) in [7, 11) is 0. The van der Waals surface area contributed by atoms with E-state index in [-0.39, 0.29) is 5.91 Å². The van der Waals surface area contributed by atoms with E-state index in [4.69, 9.17) is 11.6 Å². The van der Waals surface area contributed by atoms with Crippen LogP contribution in [0.2, 0.25) is 5.02 Å². The molecule has 2 heterocycles. The van der Waals surface area contributed by atoms with Crippen molar-refractivity contribution >= 4 is 23.2 Å². The molecule has 0 aliphatic carbocycles. The first-order valence-corrected chi connectivity index (χ1v) is 7.50. The highest BCUT2D eigenvalue weighted by Crippen LogP contribution is 2.26. The van der Waals surface area contributed by atoms with Crippen LogP contribution in [-0.2, 0) is 0 Å². The van der Waals surface area contributed by atoms with Gasteiger partial charge in [-0.15, -0.1) is 0 Å². The predicted molar refractivity (Wildman–Crippen MR) is 85.0 cm³/mol. The standard InChI is InChI=1S/C16H16ClN3O2/c17-14-5-1-2-6-15(14)18-8-10-19(11-9-18)16(21)13-4-3-7-20(22)12-13/h1-7,12H,8-11H2. The Labute approximate surface area is 133 Å². The Kier molecular flexibility index (Phi) is 4.15. The molecule has 22 heavy (non-hydrogen) atoms. The first kappa shape index (κ1) is 14.7. The molecule has 0 saturated carbocycles. The molecule has 0 spiro atoms. The van der Waals surface area contributed by atoms with Crippen LogP contribution < -0.4 is 9.63 Å². The maximum atomic E-state index is 12.4. The summed E-state index contributed by atoms with van der Waals surface area (Å²) >= 11 is 6.21. The Morgan fingerprint density at radius 3 is 2.50 bits per heavy atom. The Balaban J connectivity index is 1.67. The van der Waals surface area contributed by atoms with Gasteiger partial charge in [0.15, 0.2) is 12.4 Å². The Morgan fingerprint density at radius 1 is 1.09 bits per heavy atom. The lowest BCUT2D eigenvalue weighted by molar-refractivity contribution is -0.605. The zero-order valence-electron chi connectivity index (χ0n) is 12.0. The molecule has 1 amide bonds. The van der Waals surface area contributed by atoms with E-state index in [0.29, 0.717) is 23.4 Å². The lowest BCUT2D eigenvalue weighted by Crippen LogP contribution is -2.49. The molecule has 5 nitrogen and oxygen atoms in total. The van der Waals surface area contributed by atoms with Crippen molar-refractivity contribution in [3.8, 4) is 0 Å². The molecule has 1 aromatic carbocycles. The Bertz CT molecular complexity index is 685.